The topological polar surface area (TPSA) is 28.5 Å². The Hall–Kier alpha value is -3.67. The number of carbonyl (C=O) groups is 1. The van der Waals surface area contributed by atoms with E-state index in [4.69, 9.17) is 0 Å². The molecule has 0 bridgehead atoms. The molecule has 4 aromatic rings. The minimum Gasteiger partial charge on any atom is -0.366 e. The SMILES string of the molecule is Cc1c(C)n(Cc2ccc(F)cc2)c2ccc(C(=O)N3CCN(c4ccccc4F)CC3)cc12. The van der Waals surface area contributed by atoms with Crippen LogP contribution in [-0.2, 0) is 6.54 Å². The van der Waals surface area contributed by atoms with Gasteiger partial charge in [-0.25, -0.2) is 8.78 Å². The minimum absolute atomic E-state index is 0.00146. The maximum atomic E-state index is 14.1. The van der Waals surface area contributed by atoms with Gasteiger partial charge in [-0.2, -0.15) is 0 Å². The van der Waals surface area contributed by atoms with Crippen molar-refractivity contribution in [2.75, 3.05) is 31.1 Å². The number of amides is 1. The molecule has 0 N–H and O–H groups in total. The van der Waals surface area contributed by atoms with E-state index in [1.165, 1.54) is 18.2 Å². The van der Waals surface area contributed by atoms with Crippen LogP contribution in [0.2, 0.25) is 0 Å². The van der Waals surface area contributed by atoms with Gasteiger partial charge in [0.25, 0.3) is 5.91 Å². The lowest BCUT2D eigenvalue weighted by atomic mass is 10.1. The third kappa shape index (κ3) is 4.04. The summed E-state index contributed by atoms with van der Waals surface area (Å²) >= 11 is 0. The molecule has 1 fully saturated rings. The molecule has 0 spiro atoms. The zero-order chi connectivity index (χ0) is 23.8. The van der Waals surface area contributed by atoms with Crippen LogP contribution < -0.4 is 4.90 Å². The molecule has 0 radical (unpaired) electrons. The molecule has 1 aromatic heterocycles. The van der Waals surface area contributed by atoms with E-state index in [0.29, 0.717) is 44.0 Å². The van der Waals surface area contributed by atoms with E-state index in [0.717, 1.165) is 27.7 Å². The fraction of sp³-hybridized carbons (Fsp3) is 0.250. The molecule has 0 atom stereocenters. The maximum Gasteiger partial charge on any atom is 0.253 e. The number of halogens is 2. The Morgan fingerprint density at radius 2 is 1.59 bits per heavy atom. The van der Waals surface area contributed by atoms with Crippen molar-refractivity contribution < 1.29 is 13.6 Å². The highest BCUT2D eigenvalue weighted by Crippen LogP contribution is 2.28. The van der Waals surface area contributed by atoms with Crippen molar-refractivity contribution in [1.29, 1.82) is 0 Å². The van der Waals surface area contributed by atoms with Crippen LogP contribution >= 0.6 is 0 Å². The molecule has 1 saturated heterocycles. The Morgan fingerprint density at radius 3 is 2.29 bits per heavy atom. The van der Waals surface area contributed by atoms with E-state index in [2.05, 4.69) is 18.4 Å². The van der Waals surface area contributed by atoms with E-state index in [9.17, 15) is 13.6 Å². The van der Waals surface area contributed by atoms with E-state index in [1.54, 1.807) is 24.3 Å². The van der Waals surface area contributed by atoms with Crippen LogP contribution in [0.1, 0.15) is 27.2 Å². The highest BCUT2D eigenvalue weighted by atomic mass is 19.1. The van der Waals surface area contributed by atoms with Crippen LogP contribution in [-0.4, -0.2) is 41.6 Å². The maximum absolute atomic E-state index is 14.1. The van der Waals surface area contributed by atoms with Gasteiger partial charge in [-0.1, -0.05) is 24.3 Å². The third-order valence-electron chi connectivity index (χ3n) is 6.90. The van der Waals surface area contributed by atoms with E-state index >= 15 is 0 Å². The molecule has 0 aliphatic carbocycles. The number of hydrogen-bond donors (Lipinski definition) is 0. The molecule has 0 unspecified atom stereocenters. The first-order valence-corrected chi connectivity index (χ1v) is 11.5. The first-order valence-electron chi connectivity index (χ1n) is 11.5. The summed E-state index contributed by atoms with van der Waals surface area (Å²) in [4.78, 5) is 17.1. The first kappa shape index (κ1) is 22.1. The average Bonchev–Trinajstić information content (AvgIpc) is 3.09. The van der Waals surface area contributed by atoms with E-state index in [1.807, 2.05) is 34.1 Å². The smallest absolute Gasteiger partial charge is 0.253 e. The van der Waals surface area contributed by atoms with Gasteiger partial charge in [0.05, 0.1) is 5.69 Å². The number of aryl methyl sites for hydroxylation is 1. The summed E-state index contributed by atoms with van der Waals surface area (Å²) in [6.07, 6.45) is 0. The molecule has 6 heteroatoms. The molecule has 174 valence electrons. The summed E-state index contributed by atoms with van der Waals surface area (Å²) in [5.74, 6) is -0.478. The van der Waals surface area contributed by atoms with Gasteiger partial charge in [0.1, 0.15) is 11.6 Å². The number of benzene rings is 3. The number of hydrogen-bond acceptors (Lipinski definition) is 2. The van der Waals surface area contributed by atoms with E-state index < -0.39 is 0 Å². The number of rotatable bonds is 4. The lowest BCUT2D eigenvalue weighted by Crippen LogP contribution is -2.49. The Balaban J connectivity index is 1.35. The quantitative estimate of drug-likeness (QED) is 0.401. The summed E-state index contributed by atoms with van der Waals surface area (Å²) in [6, 6.07) is 19.2. The van der Waals surface area contributed by atoms with Gasteiger partial charge in [0, 0.05) is 54.9 Å². The number of nitrogens with zero attached hydrogens (tertiary/aromatic N) is 3. The fourth-order valence-corrected chi connectivity index (χ4v) is 4.80. The van der Waals surface area contributed by atoms with Crippen molar-refractivity contribution in [1.82, 2.24) is 9.47 Å². The molecule has 2 heterocycles. The third-order valence-corrected chi connectivity index (χ3v) is 6.90. The predicted octanol–water partition coefficient (Wildman–Crippen LogP) is 5.55. The van der Waals surface area contributed by atoms with Gasteiger partial charge in [-0.3, -0.25) is 4.79 Å². The van der Waals surface area contributed by atoms with Gasteiger partial charge in [-0.05, 0) is 67.4 Å². The van der Waals surface area contributed by atoms with Gasteiger partial charge >= 0.3 is 0 Å². The molecule has 4 nitrogen and oxygen atoms in total. The lowest BCUT2D eigenvalue weighted by molar-refractivity contribution is 0.0747. The Morgan fingerprint density at radius 1 is 0.882 bits per heavy atom. The highest BCUT2D eigenvalue weighted by molar-refractivity contribution is 5.99. The van der Waals surface area contributed by atoms with Crippen molar-refractivity contribution in [3.8, 4) is 0 Å². The van der Waals surface area contributed by atoms with Crippen LogP contribution in [0, 0.1) is 25.5 Å². The van der Waals surface area contributed by atoms with Crippen molar-refractivity contribution in [2.24, 2.45) is 0 Å². The summed E-state index contributed by atoms with van der Waals surface area (Å²) in [7, 11) is 0. The molecular weight excluding hydrogens is 432 g/mol. The monoisotopic (exact) mass is 459 g/mol. The molecule has 34 heavy (non-hydrogen) atoms. The number of piperazine rings is 1. The lowest BCUT2D eigenvalue weighted by Gasteiger charge is -2.36. The van der Waals surface area contributed by atoms with Crippen molar-refractivity contribution in [3.05, 3.63) is 101 Å². The number of fused-ring (bicyclic) bond motifs is 1. The van der Waals surface area contributed by atoms with Gasteiger partial charge in [0.2, 0.25) is 0 Å². The Labute approximate surface area is 198 Å². The van der Waals surface area contributed by atoms with Crippen LogP contribution in [0.3, 0.4) is 0 Å². The second-order valence-corrected chi connectivity index (χ2v) is 8.89. The van der Waals surface area contributed by atoms with Crippen molar-refractivity contribution in [3.63, 3.8) is 0 Å². The second-order valence-electron chi connectivity index (χ2n) is 8.89. The highest BCUT2D eigenvalue weighted by Gasteiger charge is 2.24. The predicted molar refractivity (Wildman–Crippen MR) is 131 cm³/mol. The van der Waals surface area contributed by atoms with Crippen LogP contribution in [0.15, 0.2) is 66.7 Å². The summed E-state index contributed by atoms with van der Waals surface area (Å²) in [6.45, 7) is 7.08. The molecule has 1 aliphatic rings. The molecule has 1 aliphatic heterocycles. The molecular formula is C28H27F2N3O. The number of anilines is 1. The largest absolute Gasteiger partial charge is 0.366 e. The second kappa shape index (κ2) is 8.93. The molecule has 1 amide bonds. The summed E-state index contributed by atoms with van der Waals surface area (Å²) < 4.78 is 29.6. The van der Waals surface area contributed by atoms with Crippen molar-refractivity contribution >= 4 is 22.5 Å². The van der Waals surface area contributed by atoms with Crippen LogP contribution in [0.5, 0.6) is 0 Å². The standard InChI is InChI=1S/C28H27F2N3O/c1-19-20(2)33(18-21-7-10-23(29)11-8-21)26-12-9-22(17-24(19)26)28(34)32-15-13-31(14-16-32)27-6-4-3-5-25(27)30/h3-12,17H,13-16,18H2,1-2H3. The van der Waals surface area contributed by atoms with Crippen LogP contribution in [0.25, 0.3) is 10.9 Å². The zero-order valence-electron chi connectivity index (χ0n) is 19.4. The van der Waals surface area contributed by atoms with Gasteiger partial charge < -0.3 is 14.4 Å². The van der Waals surface area contributed by atoms with Gasteiger partial charge in [0.15, 0.2) is 0 Å². The minimum atomic E-state index is -0.244. The zero-order valence-corrected chi connectivity index (χ0v) is 19.4. The molecule has 0 saturated carbocycles. The van der Waals surface area contributed by atoms with Crippen molar-refractivity contribution in [2.45, 2.75) is 20.4 Å². The van der Waals surface area contributed by atoms with E-state index in [-0.39, 0.29) is 17.5 Å². The first-order chi connectivity index (χ1) is 16.4. The number of aromatic nitrogens is 1. The summed E-state index contributed by atoms with van der Waals surface area (Å²) in [5.41, 5.74) is 5.59. The molecule has 5 rings (SSSR count). The van der Waals surface area contributed by atoms with Gasteiger partial charge in [-0.15, -0.1) is 0 Å². The van der Waals surface area contributed by atoms with Crippen LogP contribution in [0.4, 0.5) is 14.5 Å². The number of carbonyl (C=O) groups excluding carboxylic acids is 1. The number of para-hydroxylation sites is 1. The Kier molecular flexibility index (Phi) is 5.82. The summed E-state index contributed by atoms with van der Waals surface area (Å²) in [5, 5.41) is 1.05. The molecule has 3 aromatic carbocycles. The fourth-order valence-electron chi connectivity index (χ4n) is 4.80. The Bertz CT molecular complexity index is 1350. The normalized spacial score (nSPS) is 14.1. The average molecular weight is 460 g/mol.